The molecule has 5 nitrogen and oxygen atoms in total. The van der Waals surface area contributed by atoms with E-state index in [1.54, 1.807) is 24.3 Å². The fourth-order valence-corrected chi connectivity index (χ4v) is 3.10. The highest BCUT2D eigenvalue weighted by Crippen LogP contribution is 2.33. The fourth-order valence-electron chi connectivity index (χ4n) is 3.10. The number of benzene rings is 2. The predicted octanol–water partition coefficient (Wildman–Crippen LogP) is 3.70. The van der Waals surface area contributed by atoms with Crippen molar-refractivity contribution in [3.63, 3.8) is 0 Å². The van der Waals surface area contributed by atoms with Crippen LogP contribution in [-0.2, 0) is 0 Å². The molecule has 0 radical (unpaired) electrons. The average molecular weight is 344 g/mol. The predicted molar refractivity (Wildman–Crippen MR) is 95.3 cm³/mol. The number of methoxy groups -OCH3 is 2. The van der Waals surface area contributed by atoms with Crippen LogP contribution in [0.4, 0.5) is 15.8 Å². The third-order valence-electron chi connectivity index (χ3n) is 4.31. The highest BCUT2D eigenvalue weighted by atomic mass is 19.1. The molecule has 0 atom stereocenters. The van der Waals surface area contributed by atoms with Gasteiger partial charge in [0.15, 0.2) is 0 Å². The summed E-state index contributed by atoms with van der Waals surface area (Å²) in [5.74, 6) is -0.00228. The highest BCUT2D eigenvalue weighted by molar-refractivity contribution is 6.09. The number of anilines is 2. The first-order valence-electron chi connectivity index (χ1n) is 8.21. The van der Waals surface area contributed by atoms with Gasteiger partial charge in [-0.1, -0.05) is 6.07 Å². The van der Waals surface area contributed by atoms with Crippen molar-refractivity contribution in [2.75, 3.05) is 37.5 Å². The van der Waals surface area contributed by atoms with Gasteiger partial charge in [-0.3, -0.25) is 4.79 Å². The molecule has 0 aromatic heterocycles. The van der Waals surface area contributed by atoms with Gasteiger partial charge < -0.3 is 19.7 Å². The molecule has 0 aliphatic carbocycles. The van der Waals surface area contributed by atoms with Gasteiger partial charge in [0.25, 0.3) is 5.91 Å². The Morgan fingerprint density at radius 2 is 1.72 bits per heavy atom. The molecule has 1 saturated heterocycles. The van der Waals surface area contributed by atoms with Gasteiger partial charge in [-0.25, -0.2) is 4.39 Å². The molecule has 3 rings (SSSR count). The molecule has 1 amide bonds. The standard InChI is InChI=1S/C19H21FN2O3/c1-24-16-6-5-7-17(25-2)18(16)19(23)21-14-12-13(20)8-9-15(14)22-10-3-4-11-22/h5-9,12H,3-4,10-11H2,1-2H3,(H,21,23). The zero-order valence-corrected chi connectivity index (χ0v) is 14.3. The van der Waals surface area contributed by atoms with Crippen LogP contribution in [-0.4, -0.2) is 33.2 Å². The Kier molecular flexibility index (Phi) is 5.07. The van der Waals surface area contributed by atoms with Crippen molar-refractivity contribution in [2.24, 2.45) is 0 Å². The fraction of sp³-hybridized carbons (Fsp3) is 0.316. The zero-order valence-electron chi connectivity index (χ0n) is 14.3. The maximum Gasteiger partial charge on any atom is 0.263 e. The number of rotatable bonds is 5. The van der Waals surface area contributed by atoms with Gasteiger partial charge in [0.2, 0.25) is 0 Å². The van der Waals surface area contributed by atoms with Crippen LogP contribution < -0.4 is 19.7 Å². The third-order valence-corrected chi connectivity index (χ3v) is 4.31. The van der Waals surface area contributed by atoms with Crippen LogP contribution in [0.25, 0.3) is 0 Å². The average Bonchev–Trinajstić information content (AvgIpc) is 3.15. The molecule has 132 valence electrons. The number of hydrogen-bond donors (Lipinski definition) is 1. The minimum atomic E-state index is -0.402. The quantitative estimate of drug-likeness (QED) is 0.899. The van der Waals surface area contributed by atoms with Crippen molar-refractivity contribution in [3.05, 3.63) is 47.8 Å². The molecule has 2 aromatic rings. The van der Waals surface area contributed by atoms with Gasteiger partial charge in [-0.05, 0) is 43.2 Å². The lowest BCUT2D eigenvalue weighted by atomic mass is 10.1. The van der Waals surface area contributed by atoms with E-state index < -0.39 is 11.7 Å². The van der Waals surface area contributed by atoms with Crippen LogP contribution >= 0.6 is 0 Å². The normalized spacial score (nSPS) is 13.6. The minimum absolute atomic E-state index is 0.282. The molecule has 25 heavy (non-hydrogen) atoms. The van der Waals surface area contributed by atoms with Crippen molar-refractivity contribution in [3.8, 4) is 11.5 Å². The Morgan fingerprint density at radius 3 is 2.32 bits per heavy atom. The highest BCUT2D eigenvalue weighted by Gasteiger charge is 2.22. The Labute approximate surface area is 146 Å². The SMILES string of the molecule is COc1cccc(OC)c1C(=O)Nc1cc(F)ccc1N1CCCC1. The van der Waals surface area contributed by atoms with Gasteiger partial charge in [0.05, 0.1) is 25.6 Å². The van der Waals surface area contributed by atoms with E-state index in [-0.39, 0.29) is 5.56 Å². The van der Waals surface area contributed by atoms with Gasteiger partial charge in [-0.2, -0.15) is 0 Å². The van der Waals surface area contributed by atoms with Gasteiger partial charge >= 0.3 is 0 Å². The monoisotopic (exact) mass is 344 g/mol. The number of nitrogens with one attached hydrogen (secondary N) is 1. The second-order valence-electron chi connectivity index (χ2n) is 5.85. The van der Waals surface area contributed by atoms with Crippen molar-refractivity contribution in [1.82, 2.24) is 0 Å². The molecule has 0 saturated carbocycles. The number of halogens is 1. The molecule has 0 spiro atoms. The van der Waals surface area contributed by atoms with Gasteiger partial charge in [-0.15, -0.1) is 0 Å². The first-order chi connectivity index (χ1) is 12.1. The van der Waals surface area contributed by atoms with E-state index in [1.807, 2.05) is 0 Å². The summed E-state index contributed by atoms with van der Waals surface area (Å²) >= 11 is 0. The zero-order chi connectivity index (χ0) is 17.8. The van der Waals surface area contributed by atoms with Crippen LogP contribution in [0.5, 0.6) is 11.5 Å². The summed E-state index contributed by atoms with van der Waals surface area (Å²) < 4.78 is 24.3. The van der Waals surface area contributed by atoms with Crippen LogP contribution in [0.2, 0.25) is 0 Å². The third kappa shape index (κ3) is 3.52. The minimum Gasteiger partial charge on any atom is -0.496 e. The van der Waals surface area contributed by atoms with E-state index in [1.165, 1.54) is 26.4 Å². The number of hydrogen-bond acceptors (Lipinski definition) is 4. The van der Waals surface area contributed by atoms with Crippen molar-refractivity contribution >= 4 is 17.3 Å². The lowest BCUT2D eigenvalue weighted by Crippen LogP contribution is -2.21. The molecule has 0 bridgehead atoms. The molecule has 2 aromatic carbocycles. The Bertz CT molecular complexity index is 751. The van der Waals surface area contributed by atoms with E-state index in [9.17, 15) is 9.18 Å². The Hall–Kier alpha value is -2.76. The summed E-state index contributed by atoms with van der Waals surface area (Å²) in [7, 11) is 2.98. The van der Waals surface area contributed by atoms with Crippen molar-refractivity contribution < 1.29 is 18.7 Å². The maximum atomic E-state index is 13.8. The smallest absolute Gasteiger partial charge is 0.263 e. The lowest BCUT2D eigenvalue weighted by Gasteiger charge is -2.22. The summed E-state index contributed by atoms with van der Waals surface area (Å²) in [6, 6.07) is 9.57. The molecule has 0 unspecified atom stereocenters. The van der Waals surface area contributed by atoms with E-state index in [0.717, 1.165) is 31.6 Å². The number of carbonyl (C=O) groups is 1. The molecule has 1 N–H and O–H groups in total. The summed E-state index contributed by atoms with van der Waals surface area (Å²) in [5, 5.41) is 2.81. The second-order valence-corrected chi connectivity index (χ2v) is 5.85. The van der Waals surface area contributed by atoms with Gasteiger partial charge in [0.1, 0.15) is 22.9 Å². The summed E-state index contributed by atoms with van der Waals surface area (Å²) in [5.41, 5.74) is 1.55. The Balaban J connectivity index is 1.95. The van der Waals surface area contributed by atoms with E-state index in [0.29, 0.717) is 17.2 Å². The topological polar surface area (TPSA) is 50.8 Å². The van der Waals surface area contributed by atoms with Crippen LogP contribution in [0.15, 0.2) is 36.4 Å². The van der Waals surface area contributed by atoms with Crippen LogP contribution in [0, 0.1) is 5.82 Å². The molecule has 1 aliphatic rings. The summed E-state index contributed by atoms with van der Waals surface area (Å²) in [6.45, 7) is 1.79. The summed E-state index contributed by atoms with van der Waals surface area (Å²) in [6.07, 6.45) is 2.18. The van der Waals surface area contributed by atoms with E-state index in [2.05, 4.69) is 10.2 Å². The number of carbonyl (C=O) groups excluding carboxylic acids is 1. The largest absolute Gasteiger partial charge is 0.496 e. The number of nitrogens with zero attached hydrogens (tertiary/aromatic N) is 1. The first-order valence-corrected chi connectivity index (χ1v) is 8.21. The van der Waals surface area contributed by atoms with Crippen LogP contribution in [0.1, 0.15) is 23.2 Å². The van der Waals surface area contributed by atoms with Crippen molar-refractivity contribution in [1.29, 1.82) is 0 Å². The molecular formula is C19H21FN2O3. The number of ether oxygens (including phenoxy) is 2. The Morgan fingerprint density at radius 1 is 1.08 bits per heavy atom. The first kappa shape index (κ1) is 17.1. The van der Waals surface area contributed by atoms with E-state index >= 15 is 0 Å². The molecular weight excluding hydrogens is 323 g/mol. The molecule has 1 fully saturated rings. The lowest BCUT2D eigenvalue weighted by molar-refractivity contribution is 0.102. The maximum absolute atomic E-state index is 13.8. The van der Waals surface area contributed by atoms with Gasteiger partial charge in [0, 0.05) is 13.1 Å². The summed E-state index contributed by atoms with van der Waals surface area (Å²) in [4.78, 5) is 15.0. The van der Waals surface area contributed by atoms with Crippen LogP contribution in [0.3, 0.4) is 0 Å². The van der Waals surface area contributed by atoms with Crippen molar-refractivity contribution in [2.45, 2.75) is 12.8 Å². The number of amides is 1. The second kappa shape index (κ2) is 7.42. The molecule has 1 aliphatic heterocycles. The molecule has 1 heterocycles. The van der Waals surface area contributed by atoms with E-state index in [4.69, 9.17) is 9.47 Å². The molecule has 6 heteroatoms.